The average Bonchev–Trinajstić information content (AvgIpc) is 2.72. The predicted octanol–water partition coefficient (Wildman–Crippen LogP) is 1.82. The van der Waals surface area contributed by atoms with Gasteiger partial charge in [0.05, 0.1) is 20.6 Å². The monoisotopic (exact) mass is 403 g/mol. The first-order valence-electron chi connectivity index (χ1n) is 8.82. The Morgan fingerprint density at radius 1 is 1.03 bits per heavy atom. The van der Waals surface area contributed by atoms with Gasteiger partial charge >= 0.3 is 11.9 Å². The fraction of sp³-hybridized carbons (Fsp3) is 0.286. The summed E-state index contributed by atoms with van der Waals surface area (Å²) in [5.74, 6) is -2.50. The summed E-state index contributed by atoms with van der Waals surface area (Å²) in [5.41, 5.74) is 1.21. The first-order valence-corrected chi connectivity index (χ1v) is 8.82. The fourth-order valence-electron chi connectivity index (χ4n) is 2.60. The Bertz CT molecular complexity index is 856. The van der Waals surface area contributed by atoms with Crippen molar-refractivity contribution in [2.45, 2.75) is 18.9 Å². The standard InChI is InChI=1S/C21H22FNO6/c1-27-18-9-8-15(10-16(18)22)12-20(25)29-13-19(24)23-17(21(26)28-2)11-14-6-4-3-5-7-14/h3-10,17H,11-13H2,1-2H3,(H,23,24)/t17-/m1/s1. The lowest BCUT2D eigenvalue weighted by Crippen LogP contribution is -2.44. The lowest BCUT2D eigenvalue weighted by atomic mass is 10.1. The summed E-state index contributed by atoms with van der Waals surface area (Å²) in [7, 11) is 2.56. The zero-order valence-corrected chi connectivity index (χ0v) is 16.1. The van der Waals surface area contributed by atoms with E-state index in [0.717, 1.165) is 11.6 Å². The number of halogens is 1. The number of hydrogen-bond donors (Lipinski definition) is 1. The minimum atomic E-state index is -0.913. The largest absolute Gasteiger partial charge is 0.494 e. The Labute approximate surface area is 167 Å². The lowest BCUT2D eigenvalue weighted by molar-refractivity contribution is -0.149. The highest BCUT2D eigenvalue weighted by Gasteiger charge is 2.22. The Morgan fingerprint density at radius 2 is 1.76 bits per heavy atom. The number of amides is 1. The van der Waals surface area contributed by atoms with Crippen LogP contribution in [0.1, 0.15) is 11.1 Å². The first-order chi connectivity index (χ1) is 13.9. The van der Waals surface area contributed by atoms with Crippen molar-refractivity contribution in [1.82, 2.24) is 5.32 Å². The molecule has 0 spiro atoms. The van der Waals surface area contributed by atoms with E-state index in [1.54, 1.807) is 0 Å². The van der Waals surface area contributed by atoms with Crippen LogP contribution in [-0.2, 0) is 36.7 Å². The van der Waals surface area contributed by atoms with Crippen LogP contribution in [0.3, 0.4) is 0 Å². The molecule has 0 aliphatic heterocycles. The molecular formula is C21H22FNO6. The summed E-state index contributed by atoms with van der Waals surface area (Å²) in [4.78, 5) is 35.9. The summed E-state index contributed by atoms with van der Waals surface area (Å²) >= 11 is 0. The van der Waals surface area contributed by atoms with Crippen LogP contribution in [0.2, 0.25) is 0 Å². The van der Waals surface area contributed by atoms with Gasteiger partial charge in [-0.3, -0.25) is 9.59 Å². The maximum Gasteiger partial charge on any atom is 0.328 e. The molecule has 7 nitrogen and oxygen atoms in total. The molecule has 2 rings (SSSR count). The van der Waals surface area contributed by atoms with Gasteiger partial charge in [0.2, 0.25) is 0 Å². The van der Waals surface area contributed by atoms with Crippen LogP contribution < -0.4 is 10.1 Å². The van der Waals surface area contributed by atoms with Gasteiger partial charge in [0, 0.05) is 6.42 Å². The number of benzene rings is 2. The molecular weight excluding hydrogens is 381 g/mol. The minimum Gasteiger partial charge on any atom is -0.494 e. The van der Waals surface area contributed by atoms with Crippen LogP contribution in [0.25, 0.3) is 0 Å². The molecule has 1 amide bonds. The van der Waals surface area contributed by atoms with E-state index < -0.39 is 36.3 Å². The van der Waals surface area contributed by atoms with E-state index in [-0.39, 0.29) is 18.6 Å². The van der Waals surface area contributed by atoms with Crippen molar-refractivity contribution in [3.63, 3.8) is 0 Å². The SMILES string of the molecule is COC(=O)[C@@H](Cc1ccccc1)NC(=O)COC(=O)Cc1ccc(OC)c(F)c1. The molecule has 2 aromatic carbocycles. The van der Waals surface area contributed by atoms with E-state index in [4.69, 9.17) is 14.2 Å². The summed E-state index contributed by atoms with van der Waals surface area (Å²) in [5, 5.41) is 2.49. The highest BCUT2D eigenvalue weighted by molar-refractivity contribution is 5.86. The van der Waals surface area contributed by atoms with E-state index in [1.165, 1.54) is 26.4 Å². The van der Waals surface area contributed by atoms with Gasteiger partial charge in [0.15, 0.2) is 18.2 Å². The summed E-state index contributed by atoms with van der Waals surface area (Å²) in [6, 6.07) is 12.3. The topological polar surface area (TPSA) is 90.9 Å². The molecule has 2 aromatic rings. The van der Waals surface area contributed by atoms with Crippen LogP contribution >= 0.6 is 0 Å². The molecule has 0 aromatic heterocycles. The predicted molar refractivity (Wildman–Crippen MR) is 102 cm³/mol. The molecule has 154 valence electrons. The number of hydrogen-bond acceptors (Lipinski definition) is 6. The van der Waals surface area contributed by atoms with E-state index in [9.17, 15) is 18.8 Å². The minimum absolute atomic E-state index is 0.0637. The highest BCUT2D eigenvalue weighted by atomic mass is 19.1. The van der Waals surface area contributed by atoms with Crippen LogP contribution in [-0.4, -0.2) is 44.7 Å². The van der Waals surface area contributed by atoms with Gasteiger partial charge in [-0.25, -0.2) is 9.18 Å². The van der Waals surface area contributed by atoms with Gasteiger partial charge in [-0.05, 0) is 23.3 Å². The molecule has 8 heteroatoms. The van der Waals surface area contributed by atoms with Crippen molar-refractivity contribution in [3.05, 3.63) is 65.5 Å². The number of carbonyl (C=O) groups excluding carboxylic acids is 3. The zero-order valence-electron chi connectivity index (χ0n) is 16.1. The summed E-state index contributed by atoms with van der Waals surface area (Å²) in [6.45, 7) is -0.570. The van der Waals surface area contributed by atoms with Crippen LogP contribution in [0.5, 0.6) is 5.75 Å². The van der Waals surface area contributed by atoms with Crippen LogP contribution in [0.15, 0.2) is 48.5 Å². The average molecular weight is 403 g/mol. The quantitative estimate of drug-likeness (QED) is 0.643. The van der Waals surface area contributed by atoms with Crippen molar-refractivity contribution in [2.24, 2.45) is 0 Å². The third kappa shape index (κ3) is 6.91. The van der Waals surface area contributed by atoms with E-state index in [2.05, 4.69) is 5.32 Å². The van der Waals surface area contributed by atoms with Crippen molar-refractivity contribution < 1.29 is 33.0 Å². The smallest absolute Gasteiger partial charge is 0.328 e. The number of carbonyl (C=O) groups is 3. The fourth-order valence-corrected chi connectivity index (χ4v) is 2.60. The van der Waals surface area contributed by atoms with Crippen molar-refractivity contribution >= 4 is 17.8 Å². The van der Waals surface area contributed by atoms with Crippen molar-refractivity contribution in [1.29, 1.82) is 0 Å². The second kappa shape index (κ2) is 10.8. The number of esters is 2. The van der Waals surface area contributed by atoms with E-state index in [1.807, 2.05) is 30.3 Å². The second-order valence-electron chi connectivity index (χ2n) is 6.14. The molecule has 0 saturated carbocycles. The van der Waals surface area contributed by atoms with Gasteiger partial charge in [0.25, 0.3) is 5.91 Å². The molecule has 1 atom stereocenters. The van der Waals surface area contributed by atoms with E-state index >= 15 is 0 Å². The Morgan fingerprint density at radius 3 is 2.38 bits per heavy atom. The molecule has 0 aliphatic carbocycles. The molecule has 1 N–H and O–H groups in total. The normalized spacial score (nSPS) is 11.3. The number of ether oxygens (including phenoxy) is 3. The molecule has 0 bridgehead atoms. The van der Waals surface area contributed by atoms with E-state index in [0.29, 0.717) is 5.56 Å². The van der Waals surface area contributed by atoms with Gasteiger partial charge in [-0.1, -0.05) is 36.4 Å². The summed E-state index contributed by atoms with van der Waals surface area (Å²) in [6.07, 6.45) is 0.0248. The number of rotatable bonds is 9. The maximum absolute atomic E-state index is 13.7. The molecule has 0 radical (unpaired) electrons. The molecule has 29 heavy (non-hydrogen) atoms. The molecule has 0 unspecified atom stereocenters. The Kier molecular flexibility index (Phi) is 8.14. The van der Waals surface area contributed by atoms with Gasteiger partial charge < -0.3 is 19.5 Å². The Hall–Kier alpha value is -3.42. The second-order valence-corrected chi connectivity index (χ2v) is 6.14. The number of methoxy groups -OCH3 is 2. The maximum atomic E-state index is 13.7. The summed E-state index contributed by atoms with van der Waals surface area (Å²) < 4.78 is 28.1. The van der Waals surface area contributed by atoms with Crippen LogP contribution in [0, 0.1) is 5.82 Å². The lowest BCUT2D eigenvalue weighted by Gasteiger charge is -2.16. The van der Waals surface area contributed by atoms with Crippen molar-refractivity contribution in [2.75, 3.05) is 20.8 Å². The first kappa shape index (κ1) is 21.9. The van der Waals surface area contributed by atoms with Gasteiger partial charge in [-0.2, -0.15) is 0 Å². The Balaban J connectivity index is 1.86. The van der Waals surface area contributed by atoms with Gasteiger partial charge in [0.1, 0.15) is 6.04 Å². The zero-order chi connectivity index (χ0) is 21.2. The van der Waals surface area contributed by atoms with Crippen LogP contribution in [0.4, 0.5) is 4.39 Å². The molecule has 0 heterocycles. The molecule has 0 fully saturated rings. The van der Waals surface area contributed by atoms with Gasteiger partial charge in [-0.15, -0.1) is 0 Å². The highest BCUT2D eigenvalue weighted by Crippen LogP contribution is 2.18. The third-order valence-corrected chi connectivity index (χ3v) is 4.03. The molecule has 0 aliphatic rings. The number of nitrogens with one attached hydrogen (secondary N) is 1. The third-order valence-electron chi connectivity index (χ3n) is 4.03. The molecule has 0 saturated heterocycles. The van der Waals surface area contributed by atoms with Crippen molar-refractivity contribution in [3.8, 4) is 5.75 Å².